The van der Waals surface area contributed by atoms with Gasteiger partial charge >= 0.3 is 5.97 Å². The van der Waals surface area contributed by atoms with Gasteiger partial charge in [0.2, 0.25) is 0 Å². The third-order valence-corrected chi connectivity index (χ3v) is 3.78. The van der Waals surface area contributed by atoms with Crippen LogP contribution < -0.4 is 0 Å². The highest BCUT2D eigenvalue weighted by atomic mass is 32.2. The van der Waals surface area contributed by atoms with Crippen molar-refractivity contribution in [1.82, 2.24) is 4.90 Å². The van der Waals surface area contributed by atoms with E-state index in [4.69, 9.17) is 4.74 Å². The monoisotopic (exact) mass is 243 g/mol. The molecule has 1 aliphatic rings. The Morgan fingerprint density at radius 3 is 2.81 bits per heavy atom. The van der Waals surface area contributed by atoms with Crippen LogP contribution in [-0.2, 0) is 9.53 Å². The van der Waals surface area contributed by atoms with Gasteiger partial charge in [0.1, 0.15) is 0 Å². The maximum atomic E-state index is 11.4. The average Bonchev–Trinajstić information content (AvgIpc) is 2.16. The molecule has 0 aromatic heterocycles. The molecule has 1 rings (SSSR count). The van der Waals surface area contributed by atoms with E-state index in [1.807, 2.05) is 18.7 Å². The van der Waals surface area contributed by atoms with Crippen molar-refractivity contribution < 1.29 is 9.53 Å². The maximum Gasteiger partial charge on any atom is 0.334 e. The molecule has 1 aliphatic heterocycles. The molecular formula is C12H21NO2S. The third-order valence-electron chi connectivity index (χ3n) is 2.48. The molecule has 0 aromatic carbocycles. The molecule has 1 saturated heterocycles. The Balaban J connectivity index is 2.42. The molecule has 0 spiro atoms. The first kappa shape index (κ1) is 13.6. The molecule has 1 fully saturated rings. The SMILES string of the molecule is C=C(CN1CCSC(C)(C)C1)C(=O)OCC. The number of esters is 1. The summed E-state index contributed by atoms with van der Waals surface area (Å²) in [5, 5.41) is 0. The highest BCUT2D eigenvalue weighted by Gasteiger charge is 2.27. The van der Waals surface area contributed by atoms with Crippen LogP contribution in [0.15, 0.2) is 12.2 Å². The fraction of sp³-hybridized carbons (Fsp3) is 0.750. The van der Waals surface area contributed by atoms with Crippen LogP contribution in [0.2, 0.25) is 0 Å². The molecule has 4 heteroatoms. The van der Waals surface area contributed by atoms with E-state index in [0.717, 1.165) is 18.8 Å². The summed E-state index contributed by atoms with van der Waals surface area (Å²) in [7, 11) is 0. The van der Waals surface area contributed by atoms with Crippen molar-refractivity contribution in [3.8, 4) is 0 Å². The Labute approximate surface area is 102 Å². The van der Waals surface area contributed by atoms with Crippen molar-refractivity contribution in [2.45, 2.75) is 25.5 Å². The molecule has 0 radical (unpaired) electrons. The number of carbonyl (C=O) groups is 1. The summed E-state index contributed by atoms with van der Waals surface area (Å²) in [6.45, 7) is 13.1. The van der Waals surface area contributed by atoms with Crippen LogP contribution >= 0.6 is 11.8 Å². The number of nitrogens with zero attached hydrogens (tertiary/aromatic N) is 1. The Morgan fingerprint density at radius 1 is 1.56 bits per heavy atom. The van der Waals surface area contributed by atoms with Crippen molar-refractivity contribution in [3.05, 3.63) is 12.2 Å². The van der Waals surface area contributed by atoms with Crippen molar-refractivity contribution in [3.63, 3.8) is 0 Å². The van der Waals surface area contributed by atoms with E-state index in [1.54, 1.807) is 0 Å². The fourth-order valence-electron chi connectivity index (χ4n) is 1.82. The average molecular weight is 243 g/mol. The quantitative estimate of drug-likeness (QED) is 0.557. The predicted molar refractivity (Wildman–Crippen MR) is 68.8 cm³/mol. The second kappa shape index (κ2) is 5.73. The summed E-state index contributed by atoms with van der Waals surface area (Å²) in [6.07, 6.45) is 0. The van der Waals surface area contributed by atoms with Crippen molar-refractivity contribution >= 4 is 17.7 Å². The summed E-state index contributed by atoms with van der Waals surface area (Å²) in [4.78, 5) is 13.7. The van der Waals surface area contributed by atoms with Gasteiger partial charge < -0.3 is 4.74 Å². The van der Waals surface area contributed by atoms with E-state index >= 15 is 0 Å². The molecule has 0 unspecified atom stereocenters. The van der Waals surface area contributed by atoms with Gasteiger partial charge in [-0.15, -0.1) is 0 Å². The minimum Gasteiger partial charge on any atom is -0.463 e. The van der Waals surface area contributed by atoms with Gasteiger partial charge in [-0.1, -0.05) is 6.58 Å². The molecule has 0 bridgehead atoms. The van der Waals surface area contributed by atoms with Crippen LogP contribution in [0.5, 0.6) is 0 Å². The lowest BCUT2D eigenvalue weighted by Gasteiger charge is -2.37. The Morgan fingerprint density at radius 2 is 2.25 bits per heavy atom. The molecule has 0 aliphatic carbocycles. The second-order valence-electron chi connectivity index (χ2n) is 4.64. The van der Waals surface area contributed by atoms with Gasteiger partial charge in [-0.25, -0.2) is 4.79 Å². The molecule has 1 heterocycles. The van der Waals surface area contributed by atoms with Gasteiger partial charge in [0.05, 0.1) is 6.61 Å². The molecule has 0 N–H and O–H groups in total. The number of hydrogen-bond acceptors (Lipinski definition) is 4. The Hall–Kier alpha value is -0.480. The number of carbonyl (C=O) groups excluding carboxylic acids is 1. The fourth-order valence-corrected chi connectivity index (χ4v) is 2.99. The van der Waals surface area contributed by atoms with E-state index in [1.165, 1.54) is 0 Å². The molecule has 0 amide bonds. The van der Waals surface area contributed by atoms with E-state index in [0.29, 0.717) is 18.7 Å². The number of ether oxygens (including phenoxy) is 1. The van der Waals surface area contributed by atoms with Gasteiger partial charge in [-0.3, -0.25) is 4.90 Å². The minimum atomic E-state index is -0.265. The molecule has 16 heavy (non-hydrogen) atoms. The zero-order valence-corrected chi connectivity index (χ0v) is 11.2. The predicted octanol–water partition coefficient (Wildman–Crippen LogP) is 1.93. The van der Waals surface area contributed by atoms with E-state index in [2.05, 4.69) is 25.3 Å². The zero-order chi connectivity index (χ0) is 12.2. The first-order valence-corrected chi connectivity index (χ1v) is 6.64. The highest BCUT2D eigenvalue weighted by molar-refractivity contribution is 8.00. The van der Waals surface area contributed by atoms with Crippen LogP contribution in [0, 0.1) is 0 Å². The van der Waals surface area contributed by atoms with Gasteiger partial charge in [0.15, 0.2) is 0 Å². The number of thioether (sulfide) groups is 1. The van der Waals surface area contributed by atoms with Crippen LogP contribution in [0.1, 0.15) is 20.8 Å². The van der Waals surface area contributed by atoms with Gasteiger partial charge in [0, 0.05) is 35.7 Å². The van der Waals surface area contributed by atoms with E-state index in [9.17, 15) is 4.79 Å². The summed E-state index contributed by atoms with van der Waals surface area (Å²) in [5.41, 5.74) is 0.560. The highest BCUT2D eigenvalue weighted by Crippen LogP contribution is 2.29. The molecule has 92 valence electrons. The van der Waals surface area contributed by atoms with Crippen LogP contribution in [0.25, 0.3) is 0 Å². The second-order valence-corrected chi connectivity index (χ2v) is 6.44. The summed E-state index contributed by atoms with van der Waals surface area (Å²) < 4.78 is 5.20. The lowest BCUT2D eigenvalue weighted by molar-refractivity contribution is -0.138. The van der Waals surface area contributed by atoms with E-state index in [-0.39, 0.29) is 10.7 Å². The molecule has 0 aromatic rings. The molecule has 0 saturated carbocycles. The Bertz CT molecular complexity index is 276. The minimum absolute atomic E-state index is 0.265. The Kier molecular flexibility index (Phi) is 4.87. The lowest BCUT2D eigenvalue weighted by atomic mass is 10.1. The first-order chi connectivity index (χ1) is 7.44. The van der Waals surface area contributed by atoms with Crippen LogP contribution in [-0.4, -0.2) is 47.6 Å². The summed E-state index contributed by atoms with van der Waals surface area (Å²) >= 11 is 1.98. The van der Waals surface area contributed by atoms with Crippen LogP contribution in [0.4, 0.5) is 0 Å². The summed E-state index contributed by atoms with van der Waals surface area (Å²) in [6, 6.07) is 0. The van der Waals surface area contributed by atoms with Crippen molar-refractivity contribution in [2.75, 3.05) is 32.0 Å². The molecule has 0 atom stereocenters. The molecular weight excluding hydrogens is 222 g/mol. The van der Waals surface area contributed by atoms with Gasteiger partial charge in [-0.2, -0.15) is 11.8 Å². The maximum absolute atomic E-state index is 11.4. The first-order valence-electron chi connectivity index (χ1n) is 5.66. The van der Waals surface area contributed by atoms with Crippen LogP contribution in [0.3, 0.4) is 0 Å². The summed E-state index contributed by atoms with van der Waals surface area (Å²) in [5.74, 6) is 0.849. The third kappa shape index (κ3) is 4.18. The molecule has 3 nitrogen and oxygen atoms in total. The number of rotatable bonds is 4. The van der Waals surface area contributed by atoms with E-state index < -0.39 is 0 Å². The van der Waals surface area contributed by atoms with Crippen molar-refractivity contribution in [1.29, 1.82) is 0 Å². The zero-order valence-electron chi connectivity index (χ0n) is 10.4. The normalized spacial score (nSPS) is 20.4. The topological polar surface area (TPSA) is 29.5 Å². The largest absolute Gasteiger partial charge is 0.463 e. The van der Waals surface area contributed by atoms with Gasteiger partial charge in [0.25, 0.3) is 0 Å². The van der Waals surface area contributed by atoms with Gasteiger partial charge in [-0.05, 0) is 20.8 Å². The lowest BCUT2D eigenvalue weighted by Crippen LogP contribution is -2.44. The van der Waals surface area contributed by atoms with Crippen molar-refractivity contribution in [2.24, 2.45) is 0 Å². The standard InChI is InChI=1S/C12H21NO2S/c1-5-15-11(14)10(2)8-13-6-7-16-12(3,4)9-13/h2,5-9H2,1,3-4H3. The smallest absolute Gasteiger partial charge is 0.334 e. The number of hydrogen-bond donors (Lipinski definition) is 0.